The molecule has 3 aromatic rings. The van der Waals surface area contributed by atoms with Crippen molar-refractivity contribution in [1.82, 2.24) is 14.3 Å². The molecule has 2 heterocycles. The van der Waals surface area contributed by atoms with Gasteiger partial charge in [0.1, 0.15) is 11.9 Å². The van der Waals surface area contributed by atoms with Crippen molar-refractivity contribution in [2.24, 2.45) is 4.99 Å². The molecule has 5 nitrogen and oxygen atoms in total. The quantitative estimate of drug-likeness (QED) is 0.738. The van der Waals surface area contributed by atoms with Crippen LogP contribution < -0.4 is 4.80 Å². The van der Waals surface area contributed by atoms with Gasteiger partial charge in [0, 0.05) is 29.5 Å². The molecular formula is C16H15FN4OS. The Morgan fingerprint density at radius 3 is 2.91 bits per heavy atom. The number of rotatable bonds is 4. The van der Waals surface area contributed by atoms with Crippen LogP contribution in [0.2, 0.25) is 0 Å². The van der Waals surface area contributed by atoms with E-state index in [1.807, 2.05) is 5.38 Å². The average Bonchev–Trinajstić information content (AvgIpc) is 3.21. The molecule has 0 bridgehead atoms. The van der Waals surface area contributed by atoms with Crippen LogP contribution in [0.3, 0.4) is 0 Å². The predicted molar refractivity (Wildman–Crippen MR) is 85.3 cm³/mol. The summed E-state index contributed by atoms with van der Waals surface area (Å²) in [5.41, 5.74) is 0.555. The van der Waals surface area contributed by atoms with E-state index >= 15 is 0 Å². The third-order valence-electron chi connectivity index (χ3n) is 3.44. The number of amides is 1. The van der Waals surface area contributed by atoms with Gasteiger partial charge in [0.05, 0.1) is 6.54 Å². The highest BCUT2D eigenvalue weighted by Crippen LogP contribution is 2.09. The minimum atomic E-state index is -0.478. The SMILES string of the molecule is CC(C(=O)N=c1sccn1Cc1ccccc1F)n1cccn1. The zero-order chi connectivity index (χ0) is 16.2. The highest BCUT2D eigenvalue weighted by Gasteiger charge is 2.14. The number of aromatic nitrogens is 3. The van der Waals surface area contributed by atoms with Gasteiger partial charge in [0.25, 0.3) is 5.91 Å². The molecule has 23 heavy (non-hydrogen) atoms. The number of carbonyl (C=O) groups excluding carboxylic acids is 1. The van der Waals surface area contributed by atoms with Crippen molar-refractivity contribution in [2.75, 3.05) is 0 Å². The Labute approximate surface area is 136 Å². The zero-order valence-electron chi connectivity index (χ0n) is 12.5. The molecule has 0 fully saturated rings. The van der Waals surface area contributed by atoms with Crippen LogP contribution in [0.25, 0.3) is 0 Å². The summed E-state index contributed by atoms with van der Waals surface area (Å²) in [5.74, 6) is -0.563. The van der Waals surface area contributed by atoms with E-state index in [1.165, 1.54) is 17.4 Å². The van der Waals surface area contributed by atoms with E-state index in [-0.39, 0.29) is 11.7 Å². The lowest BCUT2D eigenvalue weighted by Crippen LogP contribution is -2.21. The van der Waals surface area contributed by atoms with Crippen molar-refractivity contribution in [1.29, 1.82) is 0 Å². The third kappa shape index (κ3) is 3.45. The Morgan fingerprint density at radius 2 is 2.17 bits per heavy atom. The van der Waals surface area contributed by atoms with Crippen LogP contribution in [0.15, 0.2) is 59.3 Å². The van der Waals surface area contributed by atoms with Gasteiger partial charge in [0.15, 0.2) is 4.80 Å². The lowest BCUT2D eigenvalue weighted by Gasteiger charge is -2.07. The van der Waals surface area contributed by atoms with E-state index in [4.69, 9.17) is 0 Å². The Hall–Kier alpha value is -2.54. The Kier molecular flexibility index (Phi) is 4.47. The minimum Gasteiger partial charge on any atom is -0.319 e. The molecule has 3 rings (SSSR count). The van der Waals surface area contributed by atoms with Crippen molar-refractivity contribution in [3.63, 3.8) is 0 Å². The van der Waals surface area contributed by atoms with Gasteiger partial charge in [-0.05, 0) is 19.1 Å². The maximum Gasteiger partial charge on any atom is 0.272 e. The van der Waals surface area contributed by atoms with Gasteiger partial charge >= 0.3 is 0 Å². The molecule has 0 N–H and O–H groups in total. The molecule has 1 aromatic carbocycles. The summed E-state index contributed by atoms with van der Waals surface area (Å²) in [7, 11) is 0. The molecule has 118 valence electrons. The molecule has 1 atom stereocenters. The second-order valence-electron chi connectivity index (χ2n) is 5.02. The highest BCUT2D eigenvalue weighted by molar-refractivity contribution is 7.07. The summed E-state index contributed by atoms with van der Waals surface area (Å²) in [6.07, 6.45) is 5.13. The van der Waals surface area contributed by atoms with Crippen LogP contribution in [0.5, 0.6) is 0 Å². The number of hydrogen-bond donors (Lipinski definition) is 0. The fourth-order valence-corrected chi connectivity index (χ4v) is 2.86. The molecule has 0 aliphatic heterocycles. The smallest absolute Gasteiger partial charge is 0.272 e. The summed E-state index contributed by atoms with van der Waals surface area (Å²) >= 11 is 1.34. The summed E-state index contributed by atoms with van der Waals surface area (Å²) < 4.78 is 17.1. The van der Waals surface area contributed by atoms with Crippen LogP contribution in [0, 0.1) is 5.82 Å². The maximum atomic E-state index is 13.8. The average molecular weight is 330 g/mol. The number of thiazole rings is 1. The number of benzene rings is 1. The standard InChI is InChI=1S/C16H15FN4OS/c1-12(21-8-4-7-18-21)15(22)19-16-20(9-10-23-16)11-13-5-2-3-6-14(13)17/h2-10,12H,11H2,1H3. The summed E-state index contributed by atoms with van der Waals surface area (Å²) in [5, 5.41) is 5.88. The fraction of sp³-hybridized carbons (Fsp3) is 0.188. The summed E-state index contributed by atoms with van der Waals surface area (Å²) in [4.78, 5) is 17.0. The van der Waals surface area contributed by atoms with Crippen LogP contribution in [0.4, 0.5) is 4.39 Å². The number of nitrogens with zero attached hydrogens (tertiary/aromatic N) is 4. The van der Waals surface area contributed by atoms with E-state index < -0.39 is 6.04 Å². The molecule has 0 spiro atoms. The van der Waals surface area contributed by atoms with Crippen molar-refractivity contribution < 1.29 is 9.18 Å². The first-order valence-electron chi connectivity index (χ1n) is 7.10. The Morgan fingerprint density at radius 1 is 1.35 bits per heavy atom. The van der Waals surface area contributed by atoms with Gasteiger partial charge in [-0.3, -0.25) is 9.48 Å². The first-order valence-corrected chi connectivity index (χ1v) is 7.98. The van der Waals surface area contributed by atoms with E-state index in [0.717, 1.165) is 0 Å². The largest absolute Gasteiger partial charge is 0.319 e. The molecule has 1 unspecified atom stereocenters. The monoisotopic (exact) mass is 330 g/mol. The van der Waals surface area contributed by atoms with Gasteiger partial charge < -0.3 is 4.57 Å². The summed E-state index contributed by atoms with van der Waals surface area (Å²) in [6.45, 7) is 2.08. The zero-order valence-corrected chi connectivity index (χ0v) is 13.3. The van der Waals surface area contributed by atoms with Crippen LogP contribution >= 0.6 is 11.3 Å². The van der Waals surface area contributed by atoms with Gasteiger partial charge in [0.2, 0.25) is 0 Å². The lowest BCUT2D eigenvalue weighted by molar-refractivity contribution is -0.121. The van der Waals surface area contributed by atoms with Gasteiger partial charge in [-0.2, -0.15) is 10.1 Å². The van der Waals surface area contributed by atoms with E-state index in [0.29, 0.717) is 16.9 Å². The van der Waals surface area contributed by atoms with Crippen molar-refractivity contribution in [3.05, 3.63) is 70.5 Å². The van der Waals surface area contributed by atoms with Gasteiger partial charge in [-0.1, -0.05) is 18.2 Å². The topological polar surface area (TPSA) is 52.2 Å². The molecule has 0 saturated heterocycles. The second kappa shape index (κ2) is 6.70. The molecule has 1 amide bonds. The van der Waals surface area contributed by atoms with Gasteiger partial charge in [-0.25, -0.2) is 4.39 Å². The predicted octanol–water partition coefficient (Wildman–Crippen LogP) is 2.62. The van der Waals surface area contributed by atoms with E-state index in [1.54, 1.807) is 59.0 Å². The van der Waals surface area contributed by atoms with Crippen molar-refractivity contribution in [3.8, 4) is 0 Å². The Bertz CT molecular complexity index is 866. The third-order valence-corrected chi connectivity index (χ3v) is 4.24. The summed E-state index contributed by atoms with van der Waals surface area (Å²) in [6, 6.07) is 7.86. The molecule has 0 radical (unpaired) electrons. The van der Waals surface area contributed by atoms with Crippen LogP contribution in [0.1, 0.15) is 18.5 Å². The lowest BCUT2D eigenvalue weighted by atomic mass is 10.2. The van der Waals surface area contributed by atoms with Crippen LogP contribution in [-0.2, 0) is 11.3 Å². The minimum absolute atomic E-state index is 0.270. The molecule has 7 heteroatoms. The number of carbonyl (C=O) groups is 1. The maximum absolute atomic E-state index is 13.8. The molecule has 2 aromatic heterocycles. The first-order chi connectivity index (χ1) is 11.1. The number of hydrogen-bond acceptors (Lipinski definition) is 3. The second-order valence-corrected chi connectivity index (χ2v) is 5.89. The van der Waals surface area contributed by atoms with Crippen molar-refractivity contribution >= 4 is 17.2 Å². The molecule has 0 aliphatic rings. The molecular weight excluding hydrogens is 315 g/mol. The highest BCUT2D eigenvalue weighted by atomic mass is 32.1. The van der Waals surface area contributed by atoms with Gasteiger partial charge in [-0.15, -0.1) is 11.3 Å². The van der Waals surface area contributed by atoms with Crippen molar-refractivity contribution in [2.45, 2.75) is 19.5 Å². The van der Waals surface area contributed by atoms with Crippen LogP contribution in [-0.4, -0.2) is 20.3 Å². The molecule has 0 aliphatic carbocycles. The molecule has 0 saturated carbocycles. The fourth-order valence-electron chi connectivity index (χ4n) is 2.13. The first kappa shape index (κ1) is 15.4. The Balaban J connectivity index is 1.86. The number of halogens is 1. The normalized spacial score (nSPS) is 13.2. The van der Waals surface area contributed by atoms with E-state index in [2.05, 4.69) is 10.1 Å². The van der Waals surface area contributed by atoms with E-state index in [9.17, 15) is 9.18 Å².